The van der Waals surface area contributed by atoms with Gasteiger partial charge in [0.05, 0.1) is 0 Å². The third-order valence-electron chi connectivity index (χ3n) is 4.48. The number of rotatable bonds is 19. The molecule has 142 valence electrons. The topological polar surface area (TPSA) is 66.8 Å². The summed E-state index contributed by atoms with van der Waals surface area (Å²) in [5.41, 5.74) is 0. The van der Waals surface area contributed by atoms with Crippen molar-refractivity contribution < 1.29 is 20.0 Å². The fourth-order valence-corrected chi connectivity index (χ4v) is 2.94. The summed E-state index contributed by atoms with van der Waals surface area (Å²) in [4.78, 5) is 14.4. The lowest BCUT2D eigenvalue weighted by Crippen LogP contribution is -1.93. The van der Waals surface area contributed by atoms with Crippen LogP contribution < -0.4 is 0 Å². The summed E-state index contributed by atoms with van der Waals surface area (Å²) in [7, 11) is 0. The van der Waals surface area contributed by atoms with E-state index in [1.807, 2.05) is 0 Å². The van der Waals surface area contributed by atoms with Crippen molar-refractivity contribution in [2.75, 3.05) is 0 Å². The van der Waals surface area contributed by atoms with Gasteiger partial charge >= 0.3 is 5.97 Å². The summed E-state index contributed by atoms with van der Waals surface area (Å²) in [5.74, 6) is -0.201. The maximum atomic E-state index is 10.4. The molecule has 0 rings (SSSR count). The Hall–Kier alpha value is -1.03. The van der Waals surface area contributed by atoms with Crippen molar-refractivity contribution in [3.8, 4) is 0 Å². The second kappa shape index (κ2) is 18.3. The van der Waals surface area contributed by atoms with Crippen molar-refractivity contribution in [1.29, 1.82) is 0 Å². The van der Waals surface area contributed by atoms with Crippen molar-refractivity contribution in [2.45, 2.75) is 109 Å². The zero-order valence-electron chi connectivity index (χ0n) is 15.4. The highest BCUT2D eigenvalue weighted by molar-refractivity contribution is 5.66. The van der Waals surface area contributed by atoms with E-state index >= 15 is 0 Å². The Bertz CT molecular complexity index is 302. The van der Waals surface area contributed by atoms with Gasteiger partial charge in [0, 0.05) is 12.8 Å². The molecule has 0 spiro atoms. The number of unbranched alkanes of at least 4 members (excludes halogenated alkanes) is 14. The van der Waals surface area contributed by atoms with E-state index in [9.17, 15) is 4.79 Å². The van der Waals surface area contributed by atoms with E-state index < -0.39 is 5.97 Å². The molecule has 0 saturated heterocycles. The number of hydrogen-bond donors (Lipinski definition) is 2. The maximum absolute atomic E-state index is 10.4. The molecule has 0 heterocycles. The average Bonchev–Trinajstić information content (AvgIpc) is 2.57. The van der Waals surface area contributed by atoms with Gasteiger partial charge in [-0.3, -0.25) is 4.79 Å². The first-order chi connectivity index (χ1) is 11.7. The van der Waals surface area contributed by atoms with Gasteiger partial charge < -0.3 is 9.99 Å². The number of carboxylic acids is 1. The molecule has 4 heteroatoms. The molecular formula is C20H38O4. The van der Waals surface area contributed by atoms with Crippen molar-refractivity contribution in [3.63, 3.8) is 0 Å². The number of allylic oxidation sites excluding steroid dienone is 1. The maximum Gasteiger partial charge on any atom is 0.303 e. The quantitative estimate of drug-likeness (QED) is 0.118. The van der Waals surface area contributed by atoms with Gasteiger partial charge in [0.2, 0.25) is 0 Å². The summed E-state index contributed by atoms with van der Waals surface area (Å²) in [6, 6.07) is 0. The van der Waals surface area contributed by atoms with E-state index in [1.54, 1.807) is 0 Å². The van der Waals surface area contributed by atoms with Crippen molar-refractivity contribution in [2.24, 2.45) is 0 Å². The van der Waals surface area contributed by atoms with Gasteiger partial charge in [-0.1, -0.05) is 90.0 Å². The van der Waals surface area contributed by atoms with Crippen LogP contribution in [0.4, 0.5) is 0 Å². The molecule has 0 aliphatic carbocycles. The zero-order valence-corrected chi connectivity index (χ0v) is 15.4. The minimum atomic E-state index is -0.669. The third-order valence-corrected chi connectivity index (χ3v) is 4.48. The van der Waals surface area contributed by atoms with Crippen LogP contribution in [-0.4, -0.2) is 16.3 Å². The molecule has 0 aliphatic rings. The third kappa shape index (κ3) is 19.0. The molecule has 24 heavy (non-hydrogen) atoms. The molecule has 0 aromatic heterocycles. The molecule has 2 N–H and O–H groups in total. The summed E-state index contributed by atoms with van der Waals surface area (Å²) in [5, 5.41) is 16.9. The number of hydrogen-bond acceptors (Lipinski definition) is 3. The highest BCUT2D eigenvalue weighted by Crippen LogP contribution is 2.14. The molecule has 0 saturated carbocycles. The number of carbonyl (C=O) groups is 1. The number of aliphatic carboxylic acids is 1. The van der Waals surface area contributed by atoms with Crippen LogP contribution >= 0.6 is 0 Å². The van der Waals surface area contributed by atoms with E-state index in [1.165, 1.54) is 77.0 Å². The lowest BCUT2D eigenvalue weighted by molar-refractivity contribution is -0.205. The van der Waals surface area contributed by atoms with Gasteiger partial charge in [0.25, 0.3) is 0 Å². The predicted molar refractivity (Wildman–Crippen MR) is 99.0 cm³/mol. The largest absolute Gasteiger partial charge is 0.481 e. The molecule has 0 fully saturated rings. The number of carboxylic acid groups (broad SMARTS) is 1. The zero-order chi connectivity index (χ0) is 17.9. The molecule has 0 aromatic rings. The van der Waals surface area contributed by atoms with Crippen LogP contribution in [0.15, 0.2) is 12.3 Å². The fourth-order valence-electron chi connectivity index (χ4n) is 2.94. The van der Waals surface area contributed by atoms with Gasteiger partial charge in [-0.2, -0.15) is 0 Å². The average molecular weight is 343 g/mol. The standard InChI is InChI=1S/C20H38O4/c1-19(24-23)17-15-13-11-9-7-5-3-2-4-6-8-10-12-14-16-18-20(21)22/h23H,1-18H2,(H,21,22). The van der Waals surface area contributed by atoms with Crippen LogP contribution in [0.25, 0.3) is 0 Å². The lowest BCUT2D eigenvalue weighted by Gasteiger charge is -2.04. The summed E-state index contributed by atoms with van der Waals surface area (Å²) in [6.45, 7) is 3.59. The molecule has 0 aromatic carbocycles. The molecule has 0 atom stereocenters. The van der Waals surface area contributed by atoms with E-state index in [0.717, 1.165) is 25.7 Å². The van der Waals surface area contributed by atoms with Gasteiger partial charge in [-0.05, 0) is 12.8 Å². The van der Waals surface area contributed by atoms with Crippen LogP contribution in [0.3, 0.4) is 0 Å². The SMILES string of the molecule is C=C(CCCCCCCCCCCCCCCCCC(=O)O)OO. The Balaban J connectivity index is 3.03. The Kier molecular flexibility index (Phi) is 17.5. The molecule has 0 radical (unpaired) electrons. The van der Waals surface area contributed by atoms with Crippen LogP contribution in [0, 0.1) is 0 Å². The van der Waals surface area contributed by atoms with Crippen LogP contribution in [0.2, 0.25) is 0 Å². The van der Waals surface area contributed by atoms with Gasteiger partial charge in [-0.15, -0.1) is 0 Å². The molecule has 0 amide bonds. The second-order valence-corrected chi connectivity index (χ2v) is 6.83. The van der Waals surface area contributed by atoms with E-state index in [4.69, 9.17) is 10.4 Å². The summed E-state index contributed by atoms with van der Waals surface area (Å²) >= 11 is 0. The molecule has 4 nitrogen and oxygen atoms in total. The molecule has 0 unspecified atom stereocenters. The van der Waals surface area contributed by atoms with Crippen molar-refractivity contribution in [3.05, 3.63) is 12.3 Å². The van der Waals surface area contributed by atoms with Crippen molar-refractivity contribution >= 4 is 5.97 Å². The van der Waals surface area contributed by atoms with E-state index in [2.05, 4.69) is 11.5 Å². The first-order valence-electron chi connectivity index (χ1n) is 9.88. The van der Waals surface area contributed by atoms with Gasteiger partial charge in [-0.25, -0.2) is 5.26 Å². The molecule has 0 bridgehead atoms. The lowest BCUT2D eigenvalue weighted by atomic mass is 10.0. The van der Waals surface area contributed by atoms with E-state index in [0.29, 0.717) is 12.2 Å². The summed E-state index contributed by atoms with van der Waals surface area (Å²) in [6.07, 6.45) is 19.6. The first kappa shape index (κ1) is 23.0. The fraction of sp³-hybridized carbons (Fsp3) is 0.850. The minimum Gasteiger partial charge on any atom is -0.481 e. The molecular weight excluding hydrogens is 304 g/mol. The second-order valence-electron chi connectivity index (χ2n) is 6.83. The van der Waals surface area contributed by atoms with Gasteiger partial charge in [0.15, 0.2) is 0 Å². The van der Waals surface area contributed by atoms with Crippen LogP contribution in [0.5, 0.6) is 0 Å². The molecule has 0 aliphatic heterocycles. The monoisotopic (exact) mass is 342 g/mol. The van der Waals surface area contributed by atoms with Crippen LogP contribution in [0.1, 0.15) is 109 Å². The van der Waals surface area contributed by atoms with E-state index in [-0.39, 0.29) is 0 Å². The Morgan fingerprint density at radius 2 is 0.917 bits per heavy atom. The summed E-state index contributed by atoms with van der Waals surface area (Å²) < 4.78 is 0. The Morgan fingerprint density at radius 1 is 0.625 bits per heavy atom. The van der Waals surface area contributed by atoms with Crippen LogP contribution in [-0.2, 0) is 9.68 Å². The van der Waals surface area contributed by atoms with Crippen molar-refractivity contribution in [1.82, 2.24) is 0 Å². The van der Waals surface area contributed by atoms with Gasteiger partial charge in [0.1, 0.15) is 5.76 Å². The highest BCUT2D eigenvalue weighted by Gasteiger charge is 1.98. The first-order valence-corrected chi connectivity index (χ1v) is 9.88. The Labute approximate surface area is 148 Å². The minimum absolute atomic E-state index is 0.326. The highest BCUT2D eigenvalue weighted by atomic mass is 17.1. The predicted octanol–water partition coefficient (Wildman–Crippen LogP) is 6.71. The smallest absolute Gasteiger partial charge is 0.303 e. The normalized spacial score (nSPS) is 10.7. The Morgan fingerprint density at radius 3 is 1.21 bits per heavy atom.